The number of anilines is 1. The Bertz CT molecular complexity index is 1080. The third kappa shape index (κ3) is 3.62. The van der Waals surface area contributed by atoms with Crippen molar-refractivity contribution in [3.63, 3.8) is 0 Å². The number of fused-ring (bicyclic) bond motifs is 2. The van der Waals surface area contributed by atoms with Crippen molar-refractivity contribution in [1.29, 1.82) is 0 Å². The Morgan fingerprint density at radius 2 is 1.97 bits per heavy atom. The Balaban J connectivity index is 1.39. The number of aromatic amines is 1. The fourth-order valence-electron chi connectivity index (χ4n) is 4.41. The molecule has 0 amide bonds. The van der Waals surface area contributed by atoms with E-state index in [4.69, 9.17) is 4.98 Å². The fourth-order valence-corrected chi connectivity index (χ4v) is 4.41. The molecule has 2 aromatic heterocycles. The Hall–Kier alpha value is -2.80. The quantitative estimate of drug-likeness (QED) is 0.740. The standard InChI is InChI=1S/C22H26N6O/c1-15-5-11-28(12-6-15)22-25-19-14-27(10-7-17(19)21(29)26-22)13-16-3-2-4-18-20(16)24-9-8-23-18/h2-4,8-9,15H,5-7,10-14H2,1H3,(H,25,26,29). The summed E-state index contributed by atoms with van der Waals surface area (Å²) in [5, 5.41) is 0. The summed E-state index contributed by atoms with van der Waals surface area (Å²) in [6, 6.07) is 6.13. The number of para-hydroxylation sites is 1. The van der Waals surface area contributed by atoms with Crippen LogP contribution < -0.4 is 10.5 Å². The zero-order valence-corrected chi connectivity index (χ0v) is 16.8. The van der Waals surface area contributed by atoms with Gasteiger partial charge >= 0.3 is 0 Å². The Kier molecular flexibility index (Phi) is 4.75. The van der Waals surface area contributed by atoms with Gasteiger partial charge in [0.25, 0.3) is 5.56 Å². The van der Waals surface area contributed by atoms with E-state index in [0.29, 0.717) is 6.54 Å². The molecule has 150 valence electrons. The van der Waals surface area contributed by atoms with Crippen molar-refractivity contribution >= 4 is 17.0 Å². The maximum atomic E-state index is 12.7. The highest BCUT2D eigenvalue weighted by atomic mass is 16.1. The molecule has 0 spiro atoms. The molecule has 2 aliphatic heterocycles. The van der Waals surface area contributed by atoms with E-state index in [-0.39, 0.29) is 5.56 Å². The Labute approximate surface area is 169 Å². The van der Waals surface area contributed by atoms with E-state index in [1.165, 1.54) is 0 Å². The number of rotatable bonds is 3. The first-order valence-electron chi connectivity index (χ1n) is 10.5. The van der Waals surface area contributed by atoms with E-state index in [9.17, 15) is 4.79 Å². The molecule has 7 heteroatoms. The molecule has 7 nitrogen and oxygen atoms in total. The van der Waals surface area contributed by atoms with Crippen molar-refractivity contribution < 1.29 is 0 Å². The highest BCUT2D eigenvalue weighted by Crippen LogP contribution is 2.23. The molecule has 4 heterocycles. The maximum Gasteiger partial charge on any atom is 0.255 e. The topological polar surface area (TPSA) is 78.0 Å². The number of nitrogens with one attached hydrogen (secondary N) is 1. The van der Waals surface area contributed by atoms with E-state index >= 15 is 0 Å². The van der Waals surface area contributed by atoms with Gasteiger partial charge in [-0.2, -0.15) is 0 Å². The molecule has 0 radical (unpaired) electrons. The van der Waals surface area contributed by atoms with Crippen LogP contribution in [0.4, 0.5) is 5.95 Å². The molecule has 0 bridgehead atoms. The first-order valence-corrected chi connectivity index (χ1v) is 10.5. The van der Waals surface area contributed by atoms with Crippen LogP contribution in [0.3, 0.4) is 0 Å². The van der Waals surface area contributed by atoms with Crippen LogP contribution in [0.2, 0.25) is 0 Å². The molecule has 2 aliphatic rings. The second-order valence-corrected chi connectivity index (χ2v) is 8.29. The molecule has 1 saturated heterocycles. The molecule has 1 N–H and O–H groups in total. The predicted molar refractivity (Wildman–Crippen MR) is 113 cm³/mol. The second-order valence-electron chi connectivity index (χ2n) is 8.29. The highest BCUT2D eigenvalue weighted by molar-refractivity contribution is 5.77. The van der Waals surface area contributed by atoms with E-state index < -0.39 is 0 Å². The molecular formula is C22H26N6O. The minimum absolute atomic E-state index is 0.0271. The monoisotopic (exact) mass is 390 g/mol. The molecule has 0 atom stereocenters. The average molecular weight is 390 g/mol. The number of piperidine rings is 1. The van der Waals surface area contributed by atoms with Crippen LogP contribution in [0.5, 0.6) is 0 Å². The first-order chi connectivity index (χ1) is 14.2. The van der Waals surface area contributed by atoms with Crippen LogP contribution in [-0.2, 0) is 19.5 Å². The normalized spacial score (nSPS) is 18.2. The minimum atomic E-state index is 0.0271. The molecule has 0 unspecified atom stereocenters. The summed E-state index contributed by atoms with van der Waals surface area (Å²) in [5.74, 6) is 1.48. The van der Waals surface area contributed by atoms with Crippen molar-refractivity contribution in [2.24, 2.45) is 5.92 Å². The van der Waals surface area contributed by atoms with Gasteiger partial charge in [-0.05, 0) is 36.8 Å². The maximum absolute atomic E-state index is 12.7. The number of H-pyrrole nitrogens is 1. The number of hydrogen-bond acceptors (Lipinski definition) is 6. The van der Waals surface area contributed by atoms with Crippen molar-refractivity contribution in [2.45, 2.75) is 39.3 Å². The summed E-state index contributed by atoms with van der Waals surface area (Å²) in [6.45, 7) is 6.51. The van der Waals surface area contributed by atoms with Gasteiger partial charge in [0.15, 0.2) is 0 Å². The molecule has 5 rings (SSSR count). The number of benzene rings is 1. The number of aromatic nitrogens is 4. The molecule has 3 aromatic rings. The van der Waals surface area contributed by atoms with Crippen molar-refractivity contribution in [3.05, 3.63) is 57.8 Å². The summed E-state index contributed by atoms with van der Waals surface area (Å²) in [7, 11) is 0. The van der Waals surface area contributed by atoms with Crippen LogP contribution in [0, 0.1) is 5.92 Å². The minimum Gasteiger partial charge on any atom is -0.342 e. The summed E-state index contributed by atoms with van der Waals surface area (Å²) in [6.07, 6.45) is 6.49. The zero-order valence-electron chi connectivity index (χ0n) is 16.8. The lowest BCUT2D eigenvalue weighted by Gasteiger charge is -2.32. The lowest BCUT2D eigenvalue weighted by atomic mass is 9.99. The third-order valence-electron chi connectivity index (χ3n) is 6.20. The molecule has 1 fully saturated rings. The van der Waals surface area contributed by atoms with Gasteiger partial charge in [-0.25, -0.2) is 4.98 Å². The lowest BCUT2D eigenvalue weighted by Crippen LogP contribution is -2.39. The molecule has 1 aromatic carbocycles. The molecular weight excluding hydrogens is 364 g/mol. The summed E-state index contributed by atoms with van der Waals surface area (Å²) < 4.78 is 0. The van der Waals surface area contributed by atoms with Gasteiger partial charge < -0.3 is 4.90 Å². The van der Waals surface area contributed by atoms with Gasteiger partial charge in [0.2, 0.25) is 5.95 Å². The van der Waals surface area contributed by atoms with Crippen molar-refractivity contribution in [2.75, 3.05) is 24.5 Å². The predicted octanol–water partition coefficient (Wildman–Crippen LogP) is 2.51. The number of hydrogen-bond donors (Lipinski definition) is 1. The van der Waals surface area contributed by atoms with Crippen LogP contribution in [0.1, 0.15) is 36.6 Å². The van der Waals surface area contributed by atoms with Crippen LogP contribution in [-0.4, -0.2) is 44.5 Å². The van der Waals surface area contributed by atoms with Crippen LogP contribution >= 0.6 is 0 Å². The second kappa shape index (κ2) is 7.55. The summed E-state index contributed by atoms with van der Waals surface area (Å²) >= 11 is 0. The van der Waals surface area contributed by atoms with E-state index in [1.807, 2.05) is 12.1 Å². The number of nitrogens with zero attached hydrogens (tertiary/aromatic N) is 5. The van der Waals surface area contributed by atoms with Crippen molar-refractivity contribution in [1.82, 2.24) is 24.8 Å². The van der Waals surface area contributed by atoms with Gasteiger partial charge in [-0.1, -0.05) is 19.1 Å². The van der Waals surface area contributed by atoms with E-state index in [0.717, 1.165) is 85.2 Å². The smallest absolute Gasteiger partial charge is 0.255 e. The van der Waals surface area contributed by atoms with Gasteiger partial charge in [0.05, 0.1) is 16.7 Å². The van der Waals surface area contributed by atoms with Gasteiger partial charge in [-0.3, -0.25) is 24.6 Å². The fraction of sp³-hybridized carbons (Fsp3) is 0.455. The summed E-state index contributed by atoms with van der Waals surface area (Å²) in [4.78, 5) is 34.1. The zero-order chi connectivity index (χ0) is 19.8. The molecule has 0 aliphatic carbocycles. The SMILES string of the molecule is CC1CCN(c2nc3c(c(=O)[nH]2)CCN(Cc2cccc4nccnc24)C3)CC1. The average Bonchev–Trinajstić information content (AvgIpc) is 2.74. The van der Waals surface area contributed by atoms with E-state index in [2.05, 4.69) is 37.7 Å². The Morgan fingerprint density at radius 3 is 2.83 bits per heavy atom. The van der Waals surface area contributed by atoms with Crippen molar-refractivity contribution in [3.8, 4) is 0 Å². The van der Waals surface area contributed by atoms with Crippen LogP contribution in [0.15, 0.2) is 35.4 Å². The van der Waals surface area contributed by atoms with Gasteiger partial charge in [0.1, 0.15) is 0 Å². The summed E-state index contributed by atoms with van der Waals surface area (Å²) in [5.41, 5.74) is 4.81. The third-order valence-corrected chi connectivity index (χ3v) is 6.20. The first kappa shape index (κ1) is 18.2. The highest BCUT2D eigenvalue weighted by Gasteiger charge is 2.24. The van der Waals surface area contributed by atoms with Crippen LogP contribution in [0.25, 0.3) is 11.0 Å². The van der Waals surface area contributed by atoms with Gasteiger partial charge in [0, 0.05) is 50.7 Å². The molecule has 29 heavy (non-hydrogen) atoms. The van der Waals surface area contributed by atoms with Gasteiger partial charge in [-0.15, -0.1) is 0 Å². The molecule has 0 saturated carbocycles. The lowest BCUT2D eigenvalue weighted by molar-refractivity contribution is 0.241. The van der Waals surface area contributed by atoms with E-state index in [1.54, 1.807) is 12.4 Å². The largest absolute Gasteiger partial charge is 0.342 e. The Morgan fingerprint density at radius 1 is 1.14 bits per heavy atom.